The molecule has 0 spiro atoms. The number of amides is 2. The summed E-state index contributed by atoms with van der Waals surface area (Å²) in [4.78, 5) is 27.4. The van der Waals surface area contributed by atoms with Crippen LogP contribution in [0.1, 0.15) is 81.1 Å². The SMILES string of the molecule is C[C@H]1CC(I)CCN1C(=O)OC(C)(C)C.C[C@H]1CC(I)CCN1C(=O)OC(C)(C)C. The molecule has 30 heavy (non-hydrogen) atoms. The van der Waals surface area contributed by atoms with Crippen molar-refractivity contribution in [3.63, 3.8) is 0 Å². The summed E-state index contributed by atoms with van der Waals surface area (Å²) in [5, 5.41) is 0. The highest BCUT2D eigenvalue weighted by Crippen LogP contribution is 2.26. The molecule has 2 saturated heterocycles. The van der Waals surface area contributed by atoms with Crippen molar-refractivity contribution >= 4 is 57.4 Å². The monoisotopic (exact) mass is 650 g/mol. The van der Waals surface area contributed by atoms with Crippen molar-refractivity contribution in [1.82, 2.24) is 9.80 Å². The summed E-state index contributed by atoms with van der Waals surface area (Å²) in [5.41, 5.74) is -0.782. The number of carbonyl (C=O) groups excluding carboxylic acids is 2. The highest BCUT2D eigenvalue weighted by Gasteiger charge is 2.31. The first-order valence-electron chi connectivity index (χ1n) is 10.9. The molecule has 176 valence electrons. The molecule has 2 rings (SSSR count). The number of hydrogen-bond acceptors (Lipinski definition) is 4. The second-order valence-corrected chi connectivity index (χ2v) is 13.8. The van der Waals surface area contributed by atoms with Gasteiger partial charge in [-0.3, -0.25) is 0 Å². The van der Waals surface area contributed by atoms with Crippen LogP contribution >= 0.6 is 45.2 Å². The number of halogens is 2. The molecular formula is C22H40I2N2O4. The van der Waals surface area contributed by atoms with Gasteiger partial charge in [0.1, 0.15) is 11.2 Å². The second kappa shape index (κ2) is 11.7. The Bertz CT molecular complexity index is 524. The van der Waals surface area contributed by atoms with E-state index in [1.54, 1.807) is 0 Å². The van der Waals surface area contributed by atoms with Gasteiger partial charge in [-0.15, -0.1) is 0 Å². The van der Waals surface area contributed by atoms with Crippen molar-refractivity contribution < 1.29 is 19.1 Å². The Morgan fingerprint density at radius 2 is 1.03 bits per heavy atom. The van der Waals surface area contributed by atoms with Crippen LogP contribution in [0.25, 0.3) is 0 Å². The molecule has 0 aromatic heterocycles. The first kappa shape index (κ1) is 28.0. The van der Waals surface area contributed by atoms with E-state index < -0.39 is 11.2 Å². The van der Waals surface area contributed by atoms with Crippen molar-refractivity contribution in [2.75, 3.05) is 13.1 Å². The molecular weight excluding hydrogens is 610 g/mol. The van der Waals surface area contributed by atoms with Crippen molar-refractivity contribution in [2.24, 2.45) is 0 Å². The van der Waals surface area contributed by atoms with Gasteiger partial charge in [-0.05, 0) is 81.1 Å². The average molecular weight is 650 g/mol. The van der Waals surface area contributed by atoms with E-state index in [9.17, 15) is 9.59 Å². The first-order valence-corrected chi connectivity index (χ1v) is 13.4. The van der Waals surface area contributed by atoms with Crippen LogP contribution in [0.4, 0.5) is 9.59 Å². The number of carbonyl (C=O) groups is 2. The zero-order valence-corrected chi connectivity index (χ0v) is 24.2. The van der Waals surface area contributed by atoms with Gasteiger partial charge in [0.2, 0.25) is 0 Å². The van der Waals surface area contributed by atoms with E-state index in [-0.39, 0.29) is 12.2 Å². The van der Waals surface area contributed by atoms with Crippen molar-refractivity contribution in [3.05, 3.63) is 0 Å². The van der Waals surface area contributed by atoms with Gasteiger partial charge < -0.3 is 19.3 Å². The number of ether oxygens (including phenoxy) is 2. The largest absolute Gasteiger partial charge is 0.444 e. The van der Waals surface area contributed by atoms with E-state index in [1.165, 1.54) is 0 Å². The lowest BCUT2D eigenvalue weighted by molar-refractivity contribution is 0.0118. The maximum absolute atomic E-state index is 11.8. The lowest BCUT2D eigenvalue weighted by atomic mass is 10.0. The van der Waals surface area contributed by atoms with Crippen molar-refractivity contribution in [1.29, 1.82) is 0 Å². The highest BCUT2D eigenvalue weighted by molar-refractivity contribution is 14.1. The molecule has 0 aromatic carbocycles. The van der Waals surface area contributed by atoms with Crippen LogP contribution in [0, 0.1) is 0 Å². The zero-order chi connectivity index (χ0) is 23.3. The van der Waals surface area contributed by atoms with E-state index in [4.69, 9.17) is 9.47 Å². The molecule has 0 aliphatic carbocycles. The molecule has 0 radical (unpaired) electrons. The smallest absolute Gasteiger partial charge is 0.410 e. The highest BCUT2D eigenvalue weighted by atomic mass is 127. The molecule has 2 aliphatic rings. The summed E-state index contributed by atoms with van der Waals surface area (Å²) >= 11 is 4.91. The number of alkyl halides is 2. The lowest BCUT2D eigenvalue weighted by Crippen LogP contribution is -2.47. The molecule has 2 heterocycles. The molecule has 4 atom stereocenters. The van der Waals surface area contributed by atoms with Gasteiger partial charge in [-0.25, -0.2) is 9.59 Å². The third-order valence-corrected chi connectivity index (χ3v) is 7.14. The van der Waals surface area contributed by atoms with Crippen molar-refractivity contribution in [2.45, 2.75) is 112 Å². The van der Waals surface area contributed by atoms with Gasteiger partial charge in [0.15, 0.2) is 0 Å². The van der Waals surface area contributed by atoms with E-state index >= 15 is 0 Å². The van der Waals surface area contributed by atoms with E-state index in [2.05, 4.69) is 59.0 Å². The Kier molecular flexibility index (Phi) is 11.0. The predicted molar refractivity (Wildman–Crippen MR) is 139 cm³/mol. The van der Waals surface area contributed by atoms with Crippen molar-refractivity contribution in [3.8, 4) is 0 Å². The summed E-state index contributed by atoms with van der Waals surface area (Å²) in [5.74, 6) is 0. The van der Waals surface area contributed by atoms with Gasteiger partial charge >= 0.3 is 12.2 Å². The summed E-state index contributed by atoms with van der Waals surface area (Å²) < 4.78 is 12.1. The molecule has 8 heteroatoms. The fraction of sp³-hybridized carbons (Fsp3) is 0.909. The summed E-state index contributed by atoms with van der Waals surface area (Å²) in [7, 11) is 0. The van der Waals surface area contributed by atoms with Crippen LogP contribution in [0.3, 0.4) is 0 Å². The molecule has 2 unspecified atom stereocenters. The maximum Gasteiger partial charge on any atom is 0.410 e. The Morgan fingerprint density at radius 3 is 1.27 bits per heavy atom. The second-order valence-electron chi connectivity index (χ2n) is 10.3. The number of likely N-dealkylation sites (tertiary alicyclic amines) is 2. The van der Waals surface area contributed by atoms with Gasteiger partial charge in [-0.1, -0.05) is 45.2 Å². The third kappa shape index (κ3) is 10.5. The fourth-order valence-corrected chi connectivity index (χ4v) is 5.44. The van der Waals surface area contributed by atoms with E-state index in [0.717, 1.165) is 38.8 Å². The standard InChI is InChI=1S/2C11H20INO2/c2*1-8-7-9(12)5-6-13(8)10(14)15-11(2,3)4/h2*8-9H,5-7H2,1-4H3/t2*8-,9?/m00/s1. The van der Waals surface area contributed by atoms with Crippen LogP contribution in [-0.4, -0.2) is 66.2 Å². The molecule has 2 amide bonds. The Hall–Kier alpha value is 0. The fourth-order valence-electron chi connectivity index (χ4n) is 3.41. The zero-order valence-electron chi connectivity index (χ0n) is 19.8. The molecule has 0 aromatic rings. The minimum absolute atomic E-state index is 0.168. The Labute approximate surface area is 210 Å². The maximum atomic E-state index is 11.8. The molecule has 0 N–H and O–H groups in total. The molecule has 0 bridgehead atoms. The predicted octanol–water partition coefficient (Wildman–Crippen LogP) is 6.42. The quantitative estimate of drug-likeness (QED) is 0.225. The summed E-state index contributed by atoms with van der Waals surface area (Å²) in [6, 6.07) is 0.603. The molecule has 2 aliphatic heterocycles. The van der Waals surface area contributed by atoms with Gasteiger partial charge in [-0.2, -0.15) is 0 Å². The average Bonchev–Trinajstić information content (AvgIpc) is 2.51. The van der Waals surface area contributed by atoms with Crippen LogP contribution < -0.4 is 0 Å². The van der Waals surface area contributed by atoms with Crippen LogP contribution in [0.15, 0.2) is 0 Å². The van der Waals surface area contributed by atoms with E-state index in [0.29, 0.717) is 19.9 Å². The normalized spacial score (nSPS) is 27.7. The minimum Gasteiger partial charge on any atom is -0.444 e. The number of rotatable bonds is 0. The number of piperidine rings is 2. The van der Waals surface area contributed by atoms with Crippen LogP contribution in [-0.2, 0) is 9.47 Å². The first-order chi connectivity index (χ1) is 13.6. The lowest BCUT2D eigenvalue weighted by Gasteiger charge is -2.36. The molecule has 2 fully saturated rings. The number of nitrogens with zero attached hydrogens (tertiary/aromatic N) is 2. The summed E-state index contributed by atoms with van der Waals surface area (Å²) in [6.45, 7) is 17.3. The third-order valence-electron chi connectivity index (χ3n) is 4.88. The Morgan fingerprint density at radius 1 is 0.733 bits per heavy atom. The molecule has 0 saturated carbocycles. The van der Waals surface area contributed by atoms with Crippen LogP contribution in [0.2, 0.25) is 0 Å². The summed E-state index contributed by atoms with van der Waals surface area (Å²) in [6.07, 6.45) is 3.95. The van der Waals surface area contributed by atoms with E-state index in [1.807, 2.05) is 51.3 Å². The number of hydrogen-bond donors (Lipinski definition) is 0. The topological polar surface area (TPSA) is 59.1 Å². The Balaban J connectivity index is 0.000000300. The van der Waals surface area contributed by atoms with Gasteiger partial charge in [0, 0.05) is 33.0 Å². The van der Waals surface area contributed by atoms with Gasteiger partial charge in [0.25, 0.3) is 0 Å². The molecule has 6 nitrogen and oxygen atoms in total. The van der Waals surface area contributed by atoms with Gasteiger partial charge in [0.05, 0.1) is 0 Å². The minimum atomic E-state index is -0.391. The van der Waals surface area contributed by atoms with Crippen LogP contribution in [0.5, 0.6) is 0 Å².